The van der Waals surface area contributed by atoms with Gasteiger partial charge in [0, 0.05) is 28.8 Å². The molecule has 1 aliphatic heterocycles. The minimum atomic E-state index is -0.577. The number of benzene rings is 2. The summed E-state index contributed by atoms with van der Waals surface area (Å²) in [5.41, 5.74) is 3.42. The van der Waals surface area contributed by atoms with Gasteiger partial charge < -0.3 is 15.0 Å². The third kappa shape index (κ3) is 4.59. The first-order valence-corrected chi connectivity index (χ1v) is 9.73. The second kappa shape index (κ2) is 8.56. The molecule has 3 rings (SSSR count). The molecule has 2 aromatic rings. The van der Waals surface area contributed by atoms with Gasteiger partial charge in [-0.3, -0.25) is 14.4 Å². The van der Waals surface area contributed by atoms with Crippen LogP contribution in [-0.4, -0.2) is 30.9 Å². The number of esters is 1. The molecule has 0 saturated carbocycles. The van der Waals surface area contributed by atoms with Crippen molar-refractivity contribution in [2.75, 3.05) is 23.4 Å². The third-order valence-corrected chi connectivity index (χ3v) is 5.17. The van der Waals surface area contributed by atoms with Crippen LogP contribution in [0.1, 0.15) is 17.5 Å². The van der Waals surface area contributed by atoms with Gasteiger partial charge in [-0.1, -0.05) is 34.1 Å². The van der Waals surface area contributed by atoms with E-state index in [2.05, 4.69) is 21.2 Å². The van der Waals surface area contributed by atoms with Crippen LogP contribution in [0.15, 0.2) is 46.9 Å². The molecule has 0 aromatic heterocycles. The lowest BCUT2D eigenvalue weighted by Gasteiger charge is -2.21. The van der Waals surface area contributed by atoms with Crippen molar-refractivity contribution < 1.29 is 19.1 Å². The molecule has 0 aliphatic carbocycles. The van der Waals surface area contributed by atoms with Gasteiger partial charge in [-0.15, -0.1) is 0 Å². The molecule has 0 radical (unpaired) electrons. The molecule has 0 unspecified atom stereocenters. The lowest BCUT2D eigenvalue weighted by molar-refractivity contribution is -0.151. The molecular weight excluding hydrogens is 424 g/mol. The second-order valence-electron chi connectivity index (χ2n) is 6.81. The molecule has 1 fully saturated rings. The van der Waals surface area contributed by atoms with E-state index in [1.807, 2.05) is 32.0 Å². The van der Waals surface area contributed by atoms with Crippen molar-refractivity contribution >= 4 is 45.1 Å². The van der Waals surface area contributed by atoms with Crippen molar-refractivity contribution in [2.45, 2.75) is 20.3 Å². The Morgan fingerprint density at radius 2 is 1.79 bits per heavy atom. The van der Waals surface area contributed by atoms with E-state index in [9.17, 15) is 14.4 Å². The molecular formula is C21H21BrN2O4. The Labute approximate surface area is 172 Å². The molecule has 28 heavy (non-hydrogen) atoms. The van der Waals surface area contributed by atoms with Crippen molar-refractivity contribution in [3.05, 3.63) is 58.1 Å². The van der Waals surface area contributed by atoms with Gasteiger partial charge in [0.2, 0.25) is 5.91 Å². The number of hydrogen-bond donors (Lipinski definition) is 1. The summed E-state index contributed by atoms with van der Waals surface area (Å²) in [5.74, 6) is -1.65. The number of aryl methyl sites for hydroxylation is 2. The maximum atomic E-state index is 12.4. The largest absolute Gasteiger partial charge is 0.455 e. The minimum Gasteiger partial charge on any atom is -0.455 e. The van der Waals surface area contributed by atoms with Gasteiger partial charge in [-0.25, -0.2) is 0 Å². The Morgan fingerprint density at radius 3 is 2.43 bits per heavy atom. The molecule has 2 aromatic carbocycles. The molecule has 7 heteroatoms. The normalized spacial score (nSPS) is 16.2. The first kappa shape index (κ1) is 20.1. The van der Waals surface area contributed by atoms with E-state index in [4.69, 9.17) is 4.74 Å². The molecule has 1 heterocycles. The number of nitrogens with one attached hydrogen (secondary N) is 1. The van der Waals surface area contributed by atoms with Crippen LogP contribution in [-0.2, 0) is 19.1 Å². The molecule has 1 aliphatic rings. The first-order valence-electron chi connectivity index (χ1n) is 8.94. The van der Waals surface area contributed by atoms with Crippen LogP contribution >= 0.6 is 15.9 Å². The molecule has 0 spiro atoms. The van der Waals surface area contributed by atoms with Crippen molar-refractivity contribution in [2.24, 2.45) is 5.92 Å². The Hall–Kier alpha value is -2.67. The second-order valence-corrected chi connectivity index (χ2v) is 7.72. The molecule has 1 saturated heterocycles. The number of carbonyl (C=O) groups excluding carboxylic acids is 3. The predicted octanol–water partition coefficient (Wildman–Crippen LogP) is 3.60. The number of carbonyl (C=O) groups is 3. The average Bonchev–Trinajstić information content (AvgIpc) is 3.03. The highest BCUT2D eigenvalue weighted by Crippen LogP contribution is 2.31. The van der Waals surface area contributed by atoms with Crippen LogP contribution in [0.3, 0.4) is 0 Å². The Morgan fingerprint density at radius 1 is 1.14 bits per heavy atom. The maximum Gasteiger partial charge on any atom is 0.311 e. The zero-order valence-corrected chi connectivity index (χ0v) is 17.3. The SMILES string of the molecule is Cc1cccc(C)c1N1C[C@H](C(=O)OCC(=O)Nc2ccc(Br)cc2)CC1=O. The molecule has 0 bridgehead atoms. The average molecular weight is 445 g/mol. The van der Waals surface area contributed by atoms with Gasteiger partial charge in [-0.2, -0.15) is 0 Å². The highest BCUT2D eigenvalue weighted by Gasteiger charge is 2.37. The summed E-state index contributed by atoms with van der Waals surface area (Å²) in [6.45, 7) is 3.75. The molecule has 6 nitrogen and oxygen atoms in total. The highest BCUT2D eigenvalue weighted by atomic mass is 79.9. The number of anilines is 2. The lowest BCUT2D eigenvalue weighted by atomic mass is 10.1. The fourth-order valence-corrected chi connectivity index (χ4v) is 3.56. The van der Waals surface area contributed by atoms with Crippen LogP contribution in [0.2, 0.25) is 0 Å². The van der Waals surface area contributed by atoms with Crippen molar-refractivity contribution in [1.29, 1.82) is 0 Å². The van der Waals surface area contributed by atoms with E-state index < -0.39 is 17.8 Å². The van der Waals surface area contributed by atoms with E-state index in [0.717, 1.165) is 21.3 Å². The van der Waals surface area contributed by atoms with Gasteiger partial charge in [0.25, 0.3) is 5.91 Å². The summed E-state index contributed by atoms with van der Waals surface area (Å²) < 4.78 is 6.04. The molecule has 1 N–H and O–H groups in total. The van der Waals surface area contributed by atoms with Gasteiger partial charge in [-0.05, 0) is 49.2 Å². The number of rotatable bonds is 5. The van der Waals surface area contributed by atoms with Crippen LogP contribution in [0.5, 0.6) is 0 Å². The molecule has 1 atom stereocenters. The van der Waals surface area contributed by atoms with E-state index >= 15 is 0 Å². The smallest absolute Gasteiger partial charge is 0.311 e. The summed E-state index contributed by atoms with van der Waals surface area (Å²) >= 11 is 3.32. The van der Waals surface area contributed by atoms with Gasteiger partial charge >= 0.3 is 5.97 Å². The summed E-state index contributed by atoms with van der Waals surface area (Å²) in [6, 6.07) is 12.9. The van der Waals surface area contributed by atoms with E-state index in [1.54, 1.807) is 29.2 Å². The van der Waals surface area contributed by atoms with Crippen LogP contribution in [0.25, 0.3) is 0 Å². The standard InChI is InChI=1S/C21H21BrN2O4/c1-13-4-3-5-14(2)20(13)24-11-15(10-19(24)26)21(27)28-12-18(25)23-17-8-6-16(22)7-9-17/h3-9,15H,10-12H2,1-2H3,(H,23,25)/t15-/m1/s1. The van der Waals surface area contributed by atoms with Gasteiger partial charge in [0.05, 0.1) is 5.92 Å². The topological polar surface area (TPSA) is 75.7 Å². The van der Waals surface area contributed by atoms with Crippen LogP contribution in [0, 0.1) is 19.8 Å². The Balaban J connectivity index is 1.56. The zero-order chi connectivity index (χ0) is 20.3. The summed E-state index contributed by atoms with van der Waals surface area (Å²) in [7, 11) is 0. The first-order chi connectivity index (χ1) is 13.3. The summed E-state index contributed by atoms with van der Waals surface area (Å²) in [6.07, 6.45) is 0.0843. The van der Waals surface area contributed by atoms with Crippen LogP contribution in [0.4, 0.5) is 11.4 Å². The Kier molecular flexibility index (Phi) is 6.14. The predicted molar refractivity (Wildman–Crippen MR) is 110 cm³/mol. The number of nitrogens with zero attached hydrogens (tertiary/aromatic N) is 1. The fourth-order valence-electron chi connectivity index (χ4n) is 3.30. The van der Waals surface area contributed by atoms with E-state index in [0.29, 0.717) is 5.69 Å². The zero-order valence-electron chi connectivity index (χ0n) is 15.7. The van der Waals surface area contributed by atoms with E-state index in [1.165, 1.54) is 0 Å². The summed E-state index contributed by atoms with van der Waals surface area (Å²) in [5, 5.41) is 2.66. The quantitative estimate of drug-likeness (QED) is 0.714. The number of halogens is 1. The van der Waals surface area contributed by atoms with Crippen molar-refractivity contribution in [3.8, 4) is 0 Å². The monoisotopic (exact) mass is 444 g/mol. The van der Waals surface area contributed by atoms with Crippen molar-refractivity contribution in [3.63, 3.8) is 0 Å². The third-order valence-electron chi connectivity index (χ3n) is 4.64. The number of para-hydroxylation sites is 1. The minimum absolute atomic E-state index is 0.0843. The lowest BCUT2D eigenvalue weighted by Crippen LogP contribution is -2.29. The van der Waals surface area contributed by atoms with Crippen molar-refractivity contribution in [1.82, 2.24) is 0 Å². The number of ether oxygens (including phenoxy) is 1. The van der Waals surface area contributed by atoms with Gasteiger partial charge in [0.1, 0.15) is 0 Å². The molecule has 146 valence electrons. The Bertz CT molecular complexity index is 891. The highest BCUT2D eigenvalue weighted by molar-refractivity contribution is 9.10. The number of hydrogen-bond acceptors (Lipinski definition) is 4. The van der Waals surface area contributed by atoms with Gasteiger partial charge in [0.15, 0.2) is 6.61 Å². The summed E-state index contributed by atoms with van der Waals surface area (Å²) in [4.78, 5) is 38.4. The van der Waals surface area contributed by atoms with E-state index in [-0.39, 0.29) is 25.5 Å². The van der Waals surface area contributed by atoms with Crippen LogP contribution < -0.4 is 10.2 Å². The maximum absolute atomic E-state index is 12.4. The molecule has 2 amide bonds. The fraction of sp³-hybridized carbons (Fsp3) is 0.286. The number of amides is 2.